The van der Waals surface area contributed by atoms with Gasteiger partial charge >= 0.3 is 5.63 Å². The summed E-state index contributed by atoms with van der Waals surface area (Å²) in [5.41, 5.74) is 3.55. The van der Waals surface area contributed by atoms with Gasteiger partial charge in [0.25, 0.3) is 0 Å². The van der Waals surface area contributed by atoms with Gasteiger partial charge in [0.1, 0.15) is 11.3 Å². The van der Waals surface area contributed by atoms with Crippen molar-refractivity contribution < 1.29 is 18.7 Å². The molecule has 3 heterocycles. The first-order valence-electron chi connectivity index (χ1n) is 9.91. The van der Waals surface area contributed by atoms with Gasteiger partial charge in [-0.2, -0.15) is 0 Å². The third kappa shape index (κ3) is 3.98. The van der Waals surface area contributed by atoms with Crippen molar-refractivity contribution in [1.29, 1.82) is 0 Å². The fraction of sp³-hybridized carbons (Fsp3) is 0.391. The first-order chi connectivity index (χ1) is 13.9. The molecule has 152 valence electrons. The molecule has 0 N–H and O–H groups in total. The molecule has 0 amide bonds. The topological polar surface area (TPSA) is 70.7 Å². The molecular weight excluding hydrogens is 370 g/mol. The van der Waals surface area contributed by atoms with Crippen LogP contribution in [0.5, 0.6) is 5.75 Å². The quantitative estimate of drug-likeness (QED) is 0.467. The van der Waals surface area contributed by atoms with Gasteiger partial charge < -0.3 is 18.5 Å². The van der Waals surface area contributed by atoms with Crippen LogP contribution in [-0.2, 0) is 11.3 Å². The number of ether oxygens (including phenoxy) is 2. The van der Waals surface area contributed by atoms with Crippen molar-refractivity contribution in [3.63, 3.8) is 0 Å². The second-order valence-corrected chi connectivity index (χ2v) is 7.65. The molecule has 4 rings (SSSR count). The maximum Gasteiger partial charge on any atom is 0.336 e. The Hall–Kier alpha value is -2.86. The van der Waals surface area contributed by atoms with Crippen LogP contribution in [0.4, 0.5) is 0 Å². The number of aryl methyl sites for hydroxylation is 2. The third-order valence-corrected chi connectivity index (χ3v) is 5.58. The highest BCUT2D eigenvalue weighted by Crippen LogP contribution is 2.24. The molecule has 0 saturated carbocycles. The van der Waals surface area contributed by atoms with Gasteiger partial charge in [0.05, 0.1) is 6.10 Å². The first-order valence-corrected chi connectivity index (χ1v) is 9.91. The average Bonchev–Trinajstić information content (AvgIpc) is 3.29. The molecule has 0 bridgehead atoms. The molecule has 29 heavy (non-hydrogen) atoms. The largest absolute Gasteiger partial charge is 0.485 e. The Labute approximate surface area is 169 Å². The highest BCUT2D eigenvalue weighted by molar-refractivity contribution is 5.98. The number of hydrogen-bond donors (Lipinski definition) is 0. The van der Waals surface area contributed by atoms with Gasteiger partial charge in [0.2, 0.25) is 5.78 Å². The highest BCUT2D eigenvalue weighted by Gasteiger charge is 2.21. The molecule has 1 aliphatic heterocycles. The summed E-state index contributed by atoms with van der Waals surface area (Å²) in [6.45, 7) is 7.33. The van der Waals surface area contributed by atoms with Gasteiger partial charge in [-0.05, 0) is 57.4 Å². The summed E-state index contributed by atoms with van der Waals surface area (Å²) in [6, 6.07) is 8.64. The molecule has 1 saturated heterocycles. The summed E-state index contributed by atoms with van der Waals surface area (Å²) in [7, 11) is 0. The van der Waals surface area contributed by atoms with Crippen molar-refractivity contribution in [3.8, 4) is 5.75 Å². The third-order valence-electron chi connectivity index (χ3n) is 5.58. The van der Waals surface area contributed by atoms with Crippen molar-refractivity contribution >= 4 is 16.8 Å². The molecule has 0 unspecified atom stereocenters. The normalized spacial score (nSPS) is 16.4. The second-order valence-electron chi connectivity index (χ2n) is 7.65. The molecular formula is C23H25NO5. The second kappa shape index (κ2) is 7.87. The summed E-state index contributed by atoms with van der Waals surface area (Å²) in [5, 5.41) is 0.848. The van der Waals surface area contributed by atoms with E-state index < -0.39 is 5.63 Å². The van der Waals surface area contributed by atoms with Gasteiger partial charge in [-0.3, -0.25) is 4.79 Å². The predicted molar refractivity (Wildman–Crippen MR) is 110 cm³/mol. The SMILES string of the molecule is Cc1cc(=O)oc2cc(OCC(=O)c3cc(C)n(C[C@H]4CCCO4)c3C)ccc12. The number of fused-ring (bicyclic) bond motifs is 1. The molecule has 3 aromatic rings. The Balaban J connectivity index is 1.48. The van der Waals surface area contributed by atoms with Crippen molar-refractivity contribution in [2.24, 2.45) is 0 Å². The van der Waals surface area contributed by atoms with Crippen LogP contribution in [0.3, 0.4) is 0 Å². The number of carbonyl (C=O) groups excluding carboxylic acids is 1. The van der Waals surface area contributed by atoms with Crippen LogP contribution in [0, 0.1) is 20.8 Å². The van der Waals surface area contributed by atoms with E-state index in [-0.39, 0.29) is 18.5 Å². The summed E-state index contributed by atoms with van der Waals surface area (Å²) < 4.78 is 18.8. The smallest absolute Gasteiger partial charge is 0.336 e. The van der Waals surface area contributed by atoms with Crippen molar-refractivity contribution in [2.45, 2.75) is 46.3 Å². The number of benzene rings is 1. The fourth-order valence-electron chi connectivity index (χ4n) is 3.98. The maximum absolute atomic E-state index is 12.8. The Kier molecular flexibility index (Phi) is 5.28. The number of nitrogens with zero attached hydrogens (tertiary/aromatic N) is 1. The van der Waals surface area contributed by atoms with Gasteiger partial charge in [-0.1, -0.05) is 0 Å². The monoisotopic (exact) mass is 395 g/mol. The Morgan fingerprint density at radius 3 is 2.79 bits per heavy atom. The molecule has 0 spiro atoms. The molecule has 1 aliphatic rings. The minimum Gasteiger partial charge on any atom is -0.485 e. The van der Waals surface area contributed by atoms with E-state index in [0.717, 1.165) is 48.3 Å². The van der Waals surface area contributed by atoms with Crippen LogP contribution in [0.15, 0.2) is 39.5 Å². The Morgan fingerprint density at radius 1 is 1.21 bits per heavy atom. The molecule has 0 radical (unpaired) electrons. The van der Waals surface area contributed by atoms with Crippen LogP contribution in [0.1, 0.15) is 40.2 Å². The number of rotatable bonds is 6. The van der Waals surface area contributed by atoms with Crippen LogP contribution in [-0.4, -0.2) is 29.7 Å². The van der Waals surface area contributed by atoms with Crippen molar-refractivity contribution in [3.05, 3.63) is 63.3 Å². The van der Waals surface area contributed by atoms with E-state index >= 15 is 0 Å². The van der Waals surface area contributed by atoms with Crippen molar-refractivity contribution in [1.82, 2.24) is 4.57 Å². The van der Waals surface area contributed by atoms with Gasteiger partial charge in [0, 0.05) is 47.6 Å². The number of carbonyl (C=O) groups is 1. The fourth-order valence-corrected chi connectivity index (χ4v) is 3.98. The summed E-state index contributed by atoms with van der Waals surface area (Å²) in [6.07, 6.45) is 2.37. The molecule has 1 fully saturated rings. The lowest BCUT2D eigenvalue weighted by Crippen LogP contribution is -2.18. The van der Waals surface area contributed by atoms with Crippen LogP contribution < -0.4 is 10.4 Å². The van der Waals surface area contributed by atoms with Crippen LogP contribution in [0.2, 0.25) is 0 Å². The molecule has 1 atom stereocenters. The summed E-state index contributed by atoms with van der Waals surface area (Å²) >= 11 is 0. The minimum absolute atomic E-state index is 0.0776. The number of Topliss-reactive ketones (excluding diaryl/α,β-unsaturated/α-hetero) is 1. The Morgan fingerprint density at radius 2 is 2.03 bits per heavy atom. The van der Waals surface area contributed by atoms with Gasteiger partial charge in [0.15, 0.2) is 6.61 Å². The lowest BCUT2D eigenvalue weighted by Gasteiger charge is -2.14. The van der Waals surface area contributed by atoms with Crippen LogP contribution >= 0.6 is 0 Å². The zero-order valence-electron chi connectivity index (χ0n) is 17.0. The van der Waals surface area contributed by atoms with E-state index in [0.29, 0.717) is 16.9 Å². The molecule has 2 aromatic heterocycles. The first kappa shape index (κ1) is 19.5. The van der Waals surface area contributed by atoms with Gasteiger partial charge in [-0.25, -0.2) is 4.79 Å². The van der Waals surface area contributed by atoms with E-state index in [4.69, 9.17) is 13.9 Å². The molecule has 0 aliphatic carbocycles. The summed E-state index contributed by atoms with van der Waals surface area (Å²) in [5.74, 6) is 0.412. The molecule has 6 heteroatoms. The number of aromatic nitrogens is 1. The van der Waals surface area contributed by atoms with Gasteiger partial charge in [-0.15, -0.1) is 0 Å². The van der Waals surface area contributed by atoms with E-state index in [1.807, 2.05) is 32.9 Å². The molecule has 6 nitrogen and oxygen atoms in total. The van der Waals surface area contributed by atoms with E-state index in [1.165, 1.54) is 6.07 Å². The zero-order valence-corrected chi connectivity index (χ0v) is 17.0. The standard InChI is InChI=1S/C23H25NO5/c1-14-9-23(26)29-22-11-17(6-7-19(14)22)28-13-21(25)20-10-15(2)24(16(20)3)12-18-5-4-8-27-18/h6-7,9-11,18H,4-5,8,12-13H2,1-3H3/t18-/m1/s1. The summed E-state index contributed by atoms with van der Waals surface area (Å²) in [4.78, 5) is 24.4. The average molecular weight is 395 g/mol. The van der Waals surface area contributed by atoms with E-state index in [2.05, 4.69) is 4.57 Å². The zero-order chi connectivity index (χ0) is 20.5. The maximum atomic E-state index is 12.8. The van der Waals surface area contributed by atoms with E-state index in [9.17, 15) is 9.59 Å². The predicted octanol–water partition coefficient (Wildman–Crippen LogP) is 3.96. The van der Waals surface area contributed by atoms with E-state index in [1.54, 1.807) is 12.1 Å². The lowest BCUT2D eigenvalue weighted by atomic mass is 10.1. The minimum atomic E-state index is -0.401. The van der Waals surface area contributed by atoms with Crippen LogP contribution in [0.25, 0.3) is 11.0 Å². The van der Waals surface area contributed by atoms with Crippen molar-refractivity contribution in [2.75, 3.05) is 13.2 Å². The number of ketones is 1. The lowest BCUT2D eigenvalue weighted by molar-refractivity contribution is 0.0914. The number of hydrogen-bond acceptors (Lipinski definition) is 5. The highest BCUT2D eigenvalue weighted by atomic mass is 16.5. The molecule has 1 aromatic carbocycles. The Bertz CT molecular complexity index is 1120.